The fourth-order valence-electron chi connectivity index (χ4n) is 0.504. The van der Waals surface area contributed by atoms with Crippen LogP contribution in [-0.2, 0) is 0 Å². The van der Waals surface area contributed by atoms with E-state index in [0.717, 1.165) is 6.92 Å². The van der Waals surface area contributed by atoms with Crippen LogP contribution in [0.25, 0.3) is 0 Å². The molecule has 0 aromatic carbocycles. The minimum atomic E-state index is -3.47. The first-order chi connectivity index (χ1) is 6.43. The average molecular weight is 274 g/mol. The number of hydrogen-bond donors (Lipinski definition) is 0. The molecular formula is C2H4F5N3OP3+. The van der Waals surface area contributed by atoms with E-state index in [1.807, 2.05) is 0 Å². The Balaban J connectivity index is 3.19. The third-order valence-electron chi connectivity index (χ3n) is 0.940. The molecule has 0 aliphatic carbocycles. The van der Waals surface area contributed by atoms with Gasteiger partial charge < -0.3 is 0 Å². The Labute approximate surface area is 78.5 Å². The predicted octanol–water partition coefficient (Wildman–Crippen LogP) is 2.93. The number of alkyl halides is 1. The van der Waals surface area contributed by atoms with Gasteiger partial charge in [-0.25, -0.2) is 4.39 Å². The first-order valence-corrected chi connectivity index (χ1v) is 6.17. The van der Waals surface area contributed by atoms with Crippen molar-refractivity contribution in [3.05, 3.63) is 0 Å². The van der Waals surface area contributed by atoms with Crippen molar-refractivity contribution in [3.8, 4) is 0 Å². The highest BCUT2D eigenvalue weighted by atomic mass is 31.2. The van der Waals surface area contributed by atoms with Crippen molar-refractivity contribution < 1.29 is 30.8 Å². The largest absolute Gasteiger partial charge is 0.433 e. The van der Waals surface area contributed by atoms with Crippen LogP contribution in [0, 0.1) is 0 Å². The molecule has 0 aliphatic heterocycles. The lowest BCUT2D eigenvalue weighted by molar-refractivity contribution is -0.804. The molecule has 1 rings (SSSR count). The first-order valence-electron chi connectivity index (χ1n) is 3.09. The minimum absolute atomic E-state index is 0.0540. The van der Waals surface area contributed by atoms with Crippen molar-refractivity contribution >= 4 is 24.8 Å². The van der Waals surface area contributed by atoms with Gasteiger partial charge in [0.15, 0.2) is 0 Å². The van der Waals surface area contributed by atoms with Crippen molar-refractivity contribution in [2.24, 2.45) is 0 Å². The lowest BCUT2D eigenvalue weighted by Crippen LogP contribution is -2.41. The van der Waals surface area contributed by atoms with Gasteiger partial charge in [0.1, 0.15) is 0 Å². The van der Waals surface area contributed by atoms with Gasteiger partial charge in [0.2, 0.25) is 6.36 Å². The van der Waals surface area contributed by atoms with E-state index in [-0.39, 0.29) is 4.26 Å². The van der Waals surface area contributed by atoms with Crippen LogP contribution in [-0.4, -0.2) is 15.0 Å². The Hall–Kier alpha value is -0.0900. The molecule has 0 saturated carbocycles. The molecule has 0 saturated heterocycles. The van der Waals surface area contributed by atoms with Crippen LogP contribution >= 0.6 is 24.8 Å². The summed E-state index contributed by atoms with van der Waals surface area (Å²) in [5.41, 5.74) is 0. The van der Waals surface area contributed by atoms with Crippen molar-refractivity contribution in [1.82, 2.24) is 8.63 Å². The summed E-state index contributed by atoms with van der Waals surface area (Å²) < 4.78 is 61.1. The topological polar surface area (TPSA) is 23.0 Å². The second-order valence-corrected chi connectivity index (χ2v) is 6.17. The van der Waals surface area contributed by atoms with Gasteiger partial charge in [-0.05, 0) is 20.1 Å². The Kier molecular flexibility index (Phi) is 3.95. The lowest BCUT2D eigenvalue weighted by Gasteiger charge is -2.02. The van der Waals surface area contributed by atoms with Crippen molar-refractivity contribution in [2.45, 2.75) is 13.3 Å². The molecule has 0 spiro atoms. The summed E-state index contributed by atoms with van der Waals surface area (Å²) in [6, 6.07) is 0. The molecule has 1 aromatic rings. The maximum Gasteiger partial charge on any atom is 0.433 e. The highest BCUT2D eigenvalue weighted by Crippen LogP contribution is 2.39. The zero-order valence-electron chi connectivity index (χ0n) is 6.56. The molecule has 4 nitrogen and oxygen atoms in total. The molecule has 1 heterocycles. The number of hydrogen-bond acceptors (Lipinski definition) is 1. The van der Waals surface area contributed by atoms with Crippen LogP contribution in [0.5, 0.6) is 0 Å². The Bertz CT molecular complexity index is 363. The van der Waals surface area contributed by atoms with E-state index in [9.17, 15) is 21.7 Å². The molecule has 0 aliphatic rings. The Morgan fingerprint density at radius 2 is 2.00 bits per heavy atom. The van der Waals surface area contributed by atoms with Gasteiger partial charge >= 0.3 is 24.8 Å². The summed E-state index contributed by atoms with van der Waals surface area (Å²) >= 11 is 0. The summed E-state index contributed by atoms with van der Waals surface area (Å²) in [5.74, 6) is 0. The molecule has 14 heavy (non-hydrogen) atoms. The number of halogens is 5. The highest BCUT2D eigenvalue weighted by Gasteiger charge is 2.26. The highest BCUT2D eigenvalue weighted by molar-refractivity contribution is 7.52. The van der Waals surface area contributed by atoms with E-state index < -0.39 is 39.8 Å². The molecule has 0 fully saturated rings. The quantitative estimate of drug-likeness (QED) is 0.760. The Morgan fingerprint density at radius 1 is 1.43 bits per heavy atom. The average Bonchev–Trinajstić information content (AvgIpc) is 2.10. The molecule has 1 aromatic heterocycles. The van der Waals surface area contributed by atoms with Crippen LogP contribution in [0.15, 0.2) is 0 Å². The van der Waals surface area contributed by atoms with E-state index in [2.05, 4.69) is 4.84 Å². The predicted molar refractivity (Wildman–Crippen MR) is 41.3 cm³/mol. The molecule has 0 radical (unpaired) electrons. The van der Waals surface area contributed by atoms with Crippen molar-refractivity contribution in [2.75, 3.05) is 0 Å². The molecule has 82 valence electrons. The maximum atomic E-state index is 12.9. The SMILES string of the molecule is CC(F)O[n+]1pn(F)p(F)n(F)p1F. The number of nitrogens with zero attached hydrogens (tertiary/aromatic N) is 3. The van der Waals surface area contributed by atoms with Crippen LogP contribution in [0.1, 0.15) is 6.92 Å². The lowest BCUT2D eigenvalue weighted by atomic mass is 10.8. The van der Waals surface area contributed by atoms with E-state index >= 15 is 0 Å². The molecule has 0 N–H and O–H groups in total. The monoisotopic (exact) mass is 274 g/mol. The first kappa shape index (κ1) is 12.0. The molecule has 3 unspecified atom stereocenters. The van der Waals surface area contributed by atoms with Gasteiger partial charge in [0, 0.05) is 8.63 Å². The van der Waals surface area contributed by atoms with E-state index in [1.165, 1.54) is 0 Å². The van der Waals surface area contributed by atoms with Gasteiger partial charge in [-0.15, -0.1) is 8.39 Å². The smallest absolute Gasteiger partial charge is 0.212 e. The fourth-order valence-corrected chi connectivity index (χ4v) is 4.12. The minimum Gasteiger partial charge on any atom is -0.212 e. The zero-order chi connectivity index (χ0) is 10.9. The van der Waals surface area contributed by atoms with Gasteiger partial charge in [-0.3, -0.25) is 0 Å². The third-order valence-corrected chi connectivity index (χ3v) is 4.78. The van der Waals surface area contributed by atoms with Crippen LogP contribution in [0.3, 0.4) is 0 Å². The van der Waals surface area contributed by atoms with Gasteiger partial charge in [0.05, 0.1) is 0 Å². The third kappa shape index (κ3) is 2.48. The van der Waals surface area contributed by atoms with E-state index in [0.29, 0.717) is 0 Å². The summed E-state index contributed by atoms with van der Waals surface area (Å²) in [4.78, 5) is 4.08. The fraction of sp³-hybridized carbons (Fsp3) is 1.00. The Morgan fingerprint density at radius 3 is 2.50 bits per heavy atom. The van der Waals surface area contributed by atoms with E-state index in [1.54, 1.807) is 0 Å². The molecular weight excluding hydrogens is 270 g/mol. The normalized spacial score (nSPS) is 16.1. The van der Waals surface area contributed by atoms with Gasteiger partial charge in [-0.1, -0.05) is 0 Å². The van der Waals surface area contributed by atoms with Gasteiger partial charge in [0.25, 0.3) is 0 Å². The molecule has 12 heteroatoms. The molecule has 0 bridgehead atoms. The van der Waals surface area contributed by atoms with Gasteiger partial charge in [-0.2, -0.15) is 4.84 Å². The van der Waals surface area contributed by atoms with E-state index in [4.69, 9.17) is 0 Å². The summed E-state index contributed by atoms with van der Waals surface area (Å²) in [6.45, 7) is 0.900. The zero-order valence-corrected chi connectivity index (χ0v) is 9.24. The molecule has 3 atom stereocenters. The maximum absolute atomic E-state index is 12.9. The standard InChI is InChI=1S/C2H4F5N3OP3/c1-2(3)11-10-12-8(4)13(6)9(5)14(10)7/h2H,1H3/q+1. The summed E-state index contributed by atoms with van der Waals surface area (Å²) in [6.07, 6.45) is -1.94. The van der Waals surface area contributed by atoms with Crippen LogP contribution in [0.2, 0.25) is 0 Å². The van der Waals surface area contributed by atoms with Crippen LogP contribution in [0.4, 0.5) is 21.7 Å². The molecule has 0 amide bonds. The number of aromatic nitrogens is 3. The summed E-state index contributed by atoms with van der Waals surface area (Å²) in [7, 11) is -7.51. The second-order valence-electron chi connectivity index (χ2n) is 1.95. The summed E-state index contributed by atoms with van der Waals surface area (Å²) in [5, 5.41) is 0. The van der Waals surface area contributed by atoms with Crippen molar-refractivity contribution in [1.29, 1.82) is 0 Å². The van der Waals surface area contributed by atoms with Crippen molar-refractivity contribution in [3.63, 3.8) is 0 Å². The second kappa shape index (κ2) is 4.62. The number of rotatable bonds is 2. The van der Waals surface area contributed by atoms with Crippen LogP contribution < -0.4 is 9.09 Å².